The van der Waals surface area contributed by atoms with Crippen LogP contribution in [0.4, 0.5) is 0 Å². The largest absolute Gasteiger partial charge is 0.493 e. The smallest absolute Gasteiger partial charge is 0.285 e. The fourth-order valence-electron chi connectivity index (χ4n) is 2.67. The Morgan fingerprint density at radius 1 is 1.10 bits per heavy atom. The van der Waals surface area contributed by atoms with Crippen molar-refractivity contribution in [2.24, 2.45) is 0 Å². The minimum absolute atomic E-state index is 0.209. The first kappa shape index (κ1) is 21.9. The van der Waals surface area contributed by atoms with Crippen molar-refractivity contribution >= 4 is 57.8 Å². The van der Waals surface area contributed by atoms with Crippen LogP contribution >= 0.6 is 35.6 Å². The molecule has 1 heterocycles. The number of hydrazine groups is 1. The van der Waals surface area contributed by atoms with Gasteiger partial charge in [-0.15, -0.1) is 0 Å². The van der Waals surface area contributed by atoms with Crippen molar-refractivity contribution in [3.05, 3.63) is 57.5 Å². The van der Waals surface area contributed by atoms with E-state index >= 15 is 0 Å². The molecule has 0 spiro atoms. The summed E-state index contributed by atoms with van der Waals surface area (Å²) in [5.41, 5.74) is 3.52. The molecule has 3 rings (SSSR count). The van der Waals surface area contributed by atoms with Gasteiger partial charge in [0.1, 0.15) is 0 Å². The minimum atomic E-state index is -0.475. The number of hydrogen-bond donors (Lipinski definition) is 1. The van der Waals surface area contributed by atoms with Gasteiger partial charge in [-0.2, -0.15) is 5.01 Å². The molecule has 0 radical (unpaired) electrons. The number of amides is 2. The van der Waals surface area contributed by atoms with Gasteiger partial charge in [-0.1, -0.05) is 23.4 Å². The van der Waals surface area contributed by atoms with Gasteiger partial charge in [0.25, 0.3) is 11.8 Å². The number of nitrogens with one attached hydrogen (secondary N) is 1. The highest BCUT2D eigenvalue weighted by molar-refractivity contribution is 8.26. The zero-order valence-electron chi connectivity index (χ0n) is 16.2. The van der Waals surface area contributed by atoms with Crippen molar-refractivity contribution in [1.29, 1.82) is 0 Å². The number of rotatable bonds is 6. The van der Waals surface area contributed by atoms with E-state index < -0.39 is 11.8 Å². The molecule has 1 aliphatic rings. The molecule has 0 unspecified atom stereocenters. The normalized spacial score (nSPS) is 14.8. The third-order valence-corrected chi connectivity index (χ3v) is 5.65. The van der Waals surface area contributed by atoms with Gasteiger partial charge in [0.15, 0.2) is 15.8 Å². The minimum Gasteiger partial charge on any atom is -0.493 e. The fourth-order valence-corrected chi connectivity index (χ4v) is 3.97. The van der Waals surface area contributed by atoms with Crippen molar-refractivity contribution in [2.45, 2.75) is 0 Å². The Labute approximate surface area is 187 Å². The van der Waals surface area contributed by atoms with Crippen LogP contribution in [0.15, 0.2) is 41.3 Å². The average Bonchev–Trinajstić information content (AvgIpc) is 3.00. The number of carbonyl (C=O) groups excluding carboxylic acids is 2. The van der Waals surface area contributed by atoms with E-state index in [0.717, 1.165) is 16.8 Å². The maximum Gasteiger partial charge on any atom is 0.285 e. The number of thioether (sulfide) groups is 1. The van der Waals surface area contributed by atoms with Crippen LogP contribution < -0.4 is 19.6 Å². The number of methoxy groups -OCH3 is 3. The number of halogens is 1. The highest BCUT2D eigenvalue weighted by Crippen LogP contribution is 2.40. The quantitative estimate of drug-likeness (QED) is 0.513. The Morgan fingerprint density at radius 3 is 2.23 bits per heavy atom. The Kier molecular flexibility index (Phi) is 6.86. The third kappa shape index (κ3) is 4.53. The summed E-state index contributed by atoms with van der Waals surface area (Å²) in [6, 6.07) is 9.71. The van der Waals surface area contributed by atoms with Crippen molar-refractivity contribution in [3.8, 4) is 17.2 Å². The second-order valence-corrected chi connectivity index (χ2v) is 8.04. The number of hydrogen-bond acceptors (Lipinski definition) is 7. The van der Waals surface area contributed by atoms with Crippen LogP contribution in [0.2, 0.25) is 5.02 Å². The molecule has 0 aliphatic carbocycles. The average molecular weight is 465 g/mol. The van der Waals surface area contributed by atoms with Crippen molar-refractivity contribution in [1.82, 2.24) is 10.4 Å². The van der Waals surface area contributed by atoms with Gasteiger partial charge in [-0.3, -0.25) is 15.0 Å². The molecule has 0 saturated carbocycles. The van der Waals surface area contributed by atoms with Crippen LogP contribution in [0.5, 0.6) is 17.2 Å². The summed E-state index contributed by atoms with van der Waals surface area (Å²) in [4.78, 5) is 25.6. The number of ether oxygens (including phenoxy) is 3. The predicted octanol–water partition coefficient (Wildman–Crippen LogP) is 3.91. The van der Waals surface area contributed by atoms with Gasteiger partial charge in [-0.25, -0.2) is 0 Å². The van der Waals surface area contributed by atoms with Crippen LogP contribution in [0.25, 0.3) is 6.08 Å². The number of nitrogens with zero attached hydrogens (tertiary/aromatic N) is 1. The Hall–Kier alpha value is -2.75. The highest BCUT2D eigenvalue weighted by Gasteiger charge is 2.34. The fraction of sp³-hybridized carbons (Fsp3) is 0.150. The van der Waals surface area contributed by atoms with E-state index in [-0.39, 0.29) is 4.32 Å². The third-order valence-electron chi connectivity index (χ3n) is 4.10. The molecule has 1 N–H and O–H groups in total. The van der Waals surface area contributed by atoms with E-state index in [1.165, 1.54) is 21.3 Å². The molecular formula is C20H17ClN2O5S2. The summed E-state index contributed by atoms with van der Waals surface area (Å²) >= 11 is 12.2. The van der Waals surface area contributed by atoms with E-state index in [9.17, 15) is 9.59 Å². The summed E-state index contributed by atoms with van der Waals surface area (Å²) < 4.78 is 16.2. The predicted molar refractivity (Wildman–Crippen MR) is 120 cm³/mol. The number of carbonyl (C=O) groups is 2. The van der Waals surface area contributed by atoms with Crippen LogP contribution in [-0.4, -0.2) is 42.5 Å². The van der Waals surface area contributed by atoms with E-state index in [1.807, 2.05) is 0 Å². The molecule has 10 heteroatoms. The van der Waals surface area contributed by atoms with Gasteiger partial charge in [-0.05, 0) is 60.3 Å². The van der Waals surface area contributed by atoms with E-state index in [4.69, 9.17) is 38.0 Å². The van der Waals surface area contributed by atoms with Gasteiger partial charge in [0, 0.05) is 10.6 Å². The lowest BCUT2D eigenvalue weighted by Gasteiger charge is -2.15. The van der Waals surface area contributed by atoms with Crippen LogP contribution in [0, 0.1) is 0 Å². The Morgan fingerprint density at radius 2 is 1.70 bits per heavy atom. The van der Waals surface area contributed by atoms with Crippen LogP contribution in [0.3, 0.4) is 0 Å². The Balaban J connectivity index is 1.84. The molecule has 30 heavy (non-hydrogen) atoms. The molecule has 0 aromatic heterocycles. The van der Waals surface area contributed by atoms with E-state index in [0.29, 0.717) is 38.3 Å². The zero-order chi connectivity index (χ0) is 21.8. The second-order valence-electron chi connectivity index (χ2n) is 5.92. The van der Waals surface area contributed by atoms with Crippen molar-refractivity contribution < 1.29 is 23.8 Å². The molecule has 7 nitrogen and oxygen atoms in total. The van der Waals surface area contributed by atoms with Gasteiger partial charge in [0.2, 0.25) is 5.75 Å². The molecule has 1 fully saturated rings. The molecule has 0 atom stereocenters. The maximum absolute atomic E-state index is 12.8. The first-order valence-corrected chi connectivity index (χ1v) is 10.1. The zero-order valence-corrected chi connectivity index (χ0v) is 18.6. The Bertz CT molecular complexity index is 1010. The number of benzene rings is 2. The molecular weight excluding hydrogens is 448 g/mol. The lowest BCUT2D eigenvalue weighted by molar-refractivity contribution is -0.123. The van der Waals surface area contributed by atoms with Crippen LogP contribution in [-0.2, 0) is 4.79 Å². The van der Waals surface area contributed by atoms with Gasteiger partial charge in [0.05, 0.1) is 26.2 Å². The topological polar surface area (TPSA) is 77.1 Å². The maximum atomic E-state index is 12.8. The molecule has 0 bridgehead atoms. The second kappa shape index (κ2) is 9.38. The first-order chi connectivity index (χ1) is 14.4. The summed E-state index contributed by atoms with van der Waals surface area (Å²) in [6.45, 7) is 0. The van der Waals surface area contributed by atoms with E-state index in [2.05, 4.69) is 5.43 Å². The molecule has 2 aromatic rings. The summed E-state index contributed by atoms with van der Waals surface area (Å²) in [5, 5.41) is 1.55. The highest BCUT2D eigenvalue weighted by atomic mass is 35.5. The molecule has 1 aliphatic heterocycles. The first-order valence-electron chi connectivity index (χ1n) is 8.52. The SMILES string of the molecule is COc1cc(/C=C2/SC(=S)N(NC(=O)c3ccc(Cl)cc3)C2=O)cc(OC)c1OC. The molecule has 2 amide bonds. The van der Waals surface area contributed by atoms with E-state index in [1.54, 1.807) is 42.5 Å². The molecule has 1 saturated heterocycles. The van der Waals surface area contributed by atoms with Crippen LogP contribution in [0.1, 0.15) is 15.9 Å². The lowest BCUT2D eigenvalue weighted by Crippen LogP contribution is -2.44. The van der Waals surface area contributed by atoms with Crippen molar-refractivity contribution in [3.63, 3.8) is 0 Å². The van der Waals surface area contributed by atoms with Gasteiger partial charge < -0.3 is 14.2 Å². The lowest BCUT2D eigenvalue weighted by atomic mass is 10.1. The monoisotopic (exact) mass is 464 g/mol. The molecule has 2 aromatic carbocycles. The van der Waals surface area contributed by atoms with Crippen molar-refractivity contribution in [2.75, 3.05) is 21.3 Å². The standard InChI is InChI=1S/C20H17ClN2O5S2/c1-26-14-8-11(9-15(27-2)17(14)28-3)10-16-19(25)23(20(29)30-16)22-18(24)12-4-6-13(21)7-5-12/h4-10H,1-3H3,(H,22,24)/b16-10+. The number of thiocarbonyl (C=S) groups is 1. The summed E-state index contributed by atoms with van der Waals surface area (Å²) in [5.74, 6) is 0.433. The summed E-state index contributed by atoms with van der Waals surface area (Å²) in [6.07, 6.45) is 1.64. The molecule has 156 valence electrons. The van der Waals surface area contributed by atoms with Gasteiger partial charge >= 0.3 is 0 Å². The summed E-state index contributed by atoms with van der Waals surface area (Å²) in [7, 11) is 4.52.